The number of aryl methyl sites for hydroxylation is 1. The first-order valence-corrected chi connectivity index (χ1v) is 12.2. The van der Waals surface area contributed by atoms with Crippen molar-refractivity contribution in [2.24, 2.45) is 12.0 Å². The van der Waals surface area contributed by atoms with Crippen LogP contribution in [-0.2, 0) is 26.7 Å². The molecule has 0 amide bonds. The van der Waals surface area contributed by atoms with Crippen molar-refractivity contribution in [3.8, 4) is 0 Å². The van der Waals surface area contributed by atoms with E-state index in [4.69, 9.17) is 4.99 Å². The van der Waals surface area contributed by atoms with Crippen molar-refractivity contribution in [2.75, 3.05) is 31.6 Å². The van der Waals surface area contributed by atoms with Crippen LogP contribution in [0.25, 0.3) is 0 Å². The minimum absolute atomic E-state index is 0. The van der Waals surface area contributed by atoms with E-state index in [-0.39, 0.29) is 24.0 Å². The Balaban J connectivity index is 0.00000341. The van der Waals surface area contributed by atoms with E-state index in [9.17, 15) is 0 Å². The van der Waals surface area contributed by atoms with Gasteiger partial charge in [0.05, 0.1) is 13.1 Å². The van der Waals surface area contributed by atoms with Crippen LogP contribution >= 0.6 is 35.7 Å². The molecule has 3 rings (SSSR count). The molecule has 1 aromatic heterocycles. The van der Waals surface area contributed by atoms with Gasteiger partial charge in [-0.15, -0.1) is 34.2 Å². The molecule has 0 bridgehead atoms. The molecule has 1 aromatic carbocycles. The zero-order valence-electron chi connectivity index (χ0n) is 18.9. The normalized spacial score (nSPS) is 14.5. The SMILES string of the molecule is CSCCCNC(=NCc1ccc(CN2CCCC2)cc1)NCc1nnc(C)n1C.I. The molecule has 1 saturated heterocycles. The van der Waals surface area contributed by atoms with Gasteiger partial charge in [-0.2, -0.15) is 11.8 Å². The van der Waals surface area contributed by atoms with Gasteiger partial charge in [0.15, 0.2) is 11.8 Å². The zero-order valence-corrected chi connectivity index (χ0v) is 22.1. The van der Waals surface area contributed by atoms with Crippen molar-refractivity contribution >= 4 is 41.7 Å². The first-order valence-electron chi connectivity index (χ1n) is 10.8. The van der Waals surface area contributed by atoms with Crippen LogP contribution in [0, 0.1) is 6.92 Å². The predicted molar refractivity (Wildman–Crippen MR) is 141 cm³/mol. The Morgan fingerprint density at radius 3 is 2.45 bits per heavy atom. The summed E-state index contributed by atoms with van der Waals surface area (Å²) in [5.74, 6) is 3.77. The number of benzene rings is 1. The number of likely N-dealkylation sites (tertiary alicyclic amines) is 1. The van der Waals surface area contributed by atoms with Gasteiger partial charge in [0.25, 0.3) is 0 Å². The largest absolute Gasteiger partial charge is 0.356 e. The fourth-order valence-corrected chi connectivity index (χ4v) is 3.92. The van der Waals surface area contributed by atoms with Crippen LogP contribution in [-0.4, -0.2) is 57.3 Å². The van der Waals surface area contributed by atoms with Gasteiger partial charge in [-0.3, -0.25) is 4.90 Å². The molecule has 2 heterocycles. The fourth-order valence-electron chi connectivity index (χ4n) is 3.48. The van der Waals surface area contributed by atoms with E-state index in [0.29, 0.717) is 13.1 Å². The van der Waals surface area contributed by atoms with E-state index in [0.717, 1.165) is 42.9 Å². The summed E-state index contributed by atoms with van der Waals surface area (Å²) in [4.78, 5) is 7.33. The zero-order chi connectivity index (χ0) is 21.2. The molecule has 0 spiro atoms. The van der Waals surface area contributed by atoms with Crippen LogP contribution in [0.3, 0.4) is 0 Å². The van der Waals surface area contributed by atoms with Crippen molar-refractivity contribution in [3.63, 3.8) is 0 Å². The monoisotopic (exact) mass is 557 g/mol. The molecule has 7 nitrogen and oxygen atoms in total. The van der Waals surface area contributed by atoms with Crippen LogP contribution in [0.4, 0.5) is 0 Å². The molecule has 0 saturated carbocycles. The van der Waals surface area contributed by atoms with E-state index in [1.165, 1.54) is 37.1 Å². The Labute approximate surface area is 207 Å². The number of hydrogen-bond donors (Lipinski definition) is 2. The molecule has 172 valence electrons. The second kappa shape index (κ2) is 13.9. The second-order valence-corrected chi connectivity index (χ2v) is 8.80. The summed E-state index contributed by atoms with van der Waals surface area (Å²) >= 11 is 1.87. The highest BCUT2D eigenvalue weighted by Gasteiger charge is 2.11. The Bertz CT molecular complexity index is 801. The fraction of sp³-hybridized carbons (Fsp3) is 0.591. The lowest BCUT2D eigenvalue weighted by Gasteiger charge is -2.15. The Morgan fingerprint density at radius 2 is 1.81 bits per heavy atom. The van der Waals surface area contributed by atoms with Crippen LogP contribution in [0.15, 0.2) is 29.3 Å². The standard InChI is InChI=1S/C22H35N7S.HI/c1-18-26-27-21(28(18)2)16-25-22(23-11-6-14-30-3)24-15-19-7-9-20(10-8-19)17-29-12-4-5-13-29;/h7-10H,4-6,11-17H2,1-3H3,(H2,23,24,25);1H. The van der Waals surface area contributed by atoms with Gasteiger partial charge >= 0.3 is 0 Å². The molecule has 0 atom stereocenters. The van der Waals surface area contributed by atoms with E-state index in [1.54, 1.807) is 0 Å². The predicted octanol–water partition coefficient (Wildman–Crippen LogP) is 3.33. The number of rotatable bonds is 10. The molecule has 31 heavy (non-hydrogen) atoms. The first-order chi connectivity index (χ1) is 14.7. The van der Waals surface area contributed by atoms with Crippen molar-refractivity contribution in [1.29, 1.82) is 0 Å². The van der Waals surface area contributed by atoms with Crippen LogP contribution in [0.2, 0.25) is 0 Å². The summed E-state index contributed by atoms with van der Waals surface area (Å²) in [7, 11) is 1.98. The average Bonchev–Trinajstić information content (AvgIpc) is 3.38. The summed E-state index contributed by atoms with van der Waals surface area (Å²) in [6.45, 7) is 7.63. The maximum Gasteiger partial charge on any atom is 0.191 e. The molecule has 2 aromatic rings. The summed E-state index contributed by atoms with van der Waals surface area (Å²) in [6.07, 6.45) is 5.91. The minimum atomic E-state index is 0. The number of hydrogen-bond acceptors (Lipinski definition) is 5. The van der Waals surface area contributed by atoms with Crippen molar-refractivity contribution in [1.82, 2.24) is 30.3 Å². The first kappa shape index (κ1) is 25.9. The summed E-state index contributed by atoms with van der Waals surface area (Å²) in [5.41, 5.74) is 2.61. The third kappa shape index (κ3) is 8.61. The second-order valence-electron chi connectivity index (χ2n) is 7.81. The molecule has 9 heteroatoms. The van der Waals surface area contributed by atoms with Gasteiger partial charge in [0.2, 0.25) is 0 Å². The minimum Gasteiger partial charge on any atom is -0.356 e. The maximum atomic E-state index is 4.80. The molecule has 1 aliphatic rings. The summed E-state index contributed by atoms with van der Waals surface area (Å²) in [6, 6.07) is 8.88. The lowest BCUT2D eigenvalue weighted by atomic mass is 10.1. The van der Waals surface area contributed by atoms with Gasteiger partial charge in [-0.25, -0.2) is 4.99 Å². The molecule has 2 N–H and O–H groups in total. The highest BCUT2D eigenvalue weighted by Crippen LogP contribution is 2.13. The third-order valence-corrected chi connectivity index (χ3v) is 6.16. The lowest BCUT2D eigenvalue weighted by Crippen LogP contribution is -2.38. The van der Waals surface area contributed by atoms with E-state index >= 15 is 0 Å². The Hall–Kier alpha value is -1.33. The number of nitrogens with zero attached hydrogens (tertiary/aromatic N) is 5. The molecular formula is C22H36IN7S. The highest BCUT2D eigenvalue weighted by molar-refractivity contribution is 14.0. The number of thioether (sulfide) groups is 1. The van der Waals surface area contributed by atoms with Crippen molar-refractivity contribution < 1.29 is 0 Å². The number of guanidine groups is 1. The number of nitrogens with one attached hydrogen (secondary N) is 2. The number of aromatic nitrogens is 3. The van der Waals surface area contributed by atoms with Crippen LogP contribution in [0.1, 0.15) is 42.0 Å². The number of halogens is 1. The van der Waals surface area contributed by atoms with Gasteiger partial charge in [-0.1, -0.05) is 24.3 Å². The Morgan fingerprint density at radius 1 is 1.10 bits per heavy atom. The molecule has 0 aliphatic carbocycles. The van der Waals surface area contributed by atoms with E-state index < -0.39 is 0 Å². The van der Waals surface area contributed by atoms with Gasteiger partial charge in [-0.05, 0) is 62.4 Å². The van der Waals surface area contributed by atoms with Gasteiger partial charge < -0.3 is 15.2 Å². The topological polar surface area (TPSA) is 70.4 Å². The van der Waals surface area contributed by atoms with Crippen molar-refractivity contribution in [3.05, 3.63) is 47.0 Å². The Kier molecular flexibility index (Phi) is 11.7. The quantitative estimate of drug-likeness (QED) is 0.202. The van der Waals surface area contributed by atoms with Crippen molar-refractivity contribution in [2.45, 2.75) is 45.8 Å². The highest BCUT2D eigenvalue weighted by atomic mass is 127. The van der Waals surface area contributed by atoms with Gasteiger partial charge in [0.1, 0.15) is 5.82 Å². The van der Waals surface area contributed by atoms with Crippen LogP contribution in [0.5, 0.6) is 0 Å². The van der Waals surface area contributed by atoms with Crippen LogP contribution < -0.4 is 10.6 Å². The molecule has 0 radical (unpaired) electrons. The molecular weight excluding hydrogens is 521 g/mol. The van der Waals surface area contributed by atoms with Gasteiger partial charge in [0, 0.05) is 20.1 Å². The number of aliphatic imine (C=N–C) groups is 1. The maximum absolute atomic E-state index is 4.80. The smallest absolute Gasteiger partial charge is 0.191 e. The van der Waals surface area contributed by atoms with E-state index in [1.807, 2.05) is 30.3 Å². The van der Waals surface area contributed by atoms with E-state index in [2.05, 4.69) is 56.3 Å². The summed E-state index contributed by atoms with van der Waals surface area (Å²) in [5, 5.41) is 15.2. The molecule has 0 unspecified atom stereocenters. The summed E-state index contributed by atoms with van der Waals surface area (Å²) < 4.78 is 2.00. The average molecular weight is 558 g/mol. The molecule has 1 fully saturated rings. The molecule has 1 aliphatic heterocycles. The third-order valence-electron chi connectivity index (χ3n) is 5.46. The lowest BCUT2D eigenvalue weighted by molar-refractivity contribution is 0.331.